The van der Waals surface area contributed by atoms with Crippen molar-refractivity contribution in [1.29, 1.82) is 0 Å². The number of aromatic nitrogens is 4. The molecule has 0 spiro atoms. The van der Waals surface area contributed by atoms with Crippen LogP contribution in [0.5, 0.6) is 0 Å². The number of furan rings is 1. The molecule has 0 aliphatic heterocycles. The Labute approximate surface area is 194 Å². The highest BCUT2D eigenvalue weighted by Crippen LogP contribution is 2.32. The summed E-state index contributed by atoms with van der Waals surface area (Å²) < 4.78 is 7.16. The number of carbonyl (C=O) groups is 1. The Morgan fingerprint density at radius 3 is 2.67 bits per heavy atom. The second-order valence-corrected chi connectivity index (χ2v) is 8.39. The molecule has 2 aromatic carbocycles. The van der Waals surface area contributed by atoms with Crippen molar-refractivity contribution in [1.82, 2.24) is 25.1 Å². The maximum absolute atomic E-state index is 12.2. The van der Waals surface area contributed by atoms with Gasteiger partial charge < -0.3 is 14.3 Å². The van der Waals surface area contributed by atoms with Crippen LogP contribution in [0, 0.1) is 0 Å². The van der Waals surface area contributed by atoms with E-state index in [1.165, 1.54) is 11.8 Å². The fourth-order valence-electron chi connectivity index (χ4n) is 3.57. The monoisotopic (exact) mass is 455 g/mol. The normalized spacial score (nSPS) is 11.1. The summed E-state index contributed by atoms with van der Waals surface area (Å²) in [6, 6.07) is 23.7. The van der Waals surface area contributed by atoms with E-state index in [-0.39, 0.29) is 11.7 Å². The highest BCUT2D eigenvalue weighted by atomic mass is 32.2. The van der Waals surface area contributed by atoms with Gasteiger partial charge in [-0.2, -0.15) is 0 Å². The molecule has 7 nitrogen and oxygen atoms in total. The quantitative estimate of drug-likeness (QED) is 0.358. The standard InChI is InChI=1S/C25H21N5O2S/c1-30-24(28-29-25(30)33-16-23(31)26-15-18-10-7-13-32-18)20-14-22(17-8-3-2-4-9-17)27-21-12-6-5-11-19(20)21/h2-14H,15-16H2,1H3,(H,26,31). The lowest BCUT2D eigenvalue weighted by molar-refractivity contribution is -0.118. The van der Waals surface area contributed by atoms with Gasteiger partial charge in [0.2, 0.25) is 5.91 Å². The molecule has 1 amide bonds. The summed E-state index contributed by atoms with van der Waals surface area (Å²) in [7, 11) is 1.91. The van der Waals surface area contributed by atoms with E-state index in [1.807, 2.05) is 78.3 Å². The molecular weight excluding hydrogens is 434 g/mol. The van der Waals surface area contributed by atoms with Crippen LogP contribution < -0.4 is 5.32 Å². The van der Waals surface area contributed by atoms with E-state index in [0.29, 0.717) is 17.5 Å². The molecule has 0 unspecified atom stereocenters. The van der Waals surface area contributed by atoms with E-state index >= 15 is 0 Å². The minimum atomic E-state index is -0.0957. The minimum Gasteiger partial charge on any atom is -0.467 e. The summed E-state index contributed by atoms with van der Waals surface area (Å²) in [5, 5.41) is 13.3. The van der Waals surface area contributed by atoms with E-state index in [9.17, 15) is 4.79 Å². The van der Waals surface area contributed by atoms with Crippen molar-refractivity contribution in [3.8, 4) is 22.6 Å². The first kappa shape index (κ1) is 21.0. The van der Waals surface area contributed by atoms with Crippen LogP contribution in [0.1, 0.15) is 5.76 Å². The zero-order valence-electron chi connectivity index (χ0n) is 17.9. The molecule has 1 N–H and O–H groups in total. The fourth-order valence-corrected chi connectivity index (χ4v) is 4.31. The molecule has 0 aliphatic rings. The second kappa shape index (κ2) is 9.30. The molecule has 8 heteroatoms. The smallest absolute Gasteiger partial charge is 0.230 e. The van der Waals surface area contributed by atoms with Crippen molar-refractivity contribution in [2.75, 3.05) is 5.75 Å². The Balaban J connectivity index is 1.41. The summed E-state index contributed by atoms with van der Waals surface area (Å²) in [5.41, 5.74) is 3.75. The number of hydrogen-bond donors (Lipinski definition) is 1. The Kier molecular flexibility index (Phi) is 5.91. The lowest BCUT2D eigenvalue weighted by Crippen LogP contribution is -2.24. The third-order valence-corrected chi connectivity index (χ3v) is 6.25. The van der Waals surface area contributed by atoms with Crippen LogP contribution in [-0.4, -0.2) is 31.4 Å². The van der Waals surface area contributed by atoms with Crippen molar-refractivity contribution in [2.24, 2.45) is 7.05 Å². The van der Waals surface area contributed by atoms with Gasteiger partial charge in [-0.25, -0.2) is 4.98 Å². The van der Waals surface area contributed by atoms with Gasteiger partial charge in [0.05, 0.1) is 29.8 Å². The molecule has 164 valence electrons. The highest BCUT2D eigenvalue weighted by molar-refractivity contribution is 7.99. The van der Waals surface area contributed by atoms with Crippen molar-refractivity contribution >= 4 is 28.6 Å². The number of pyridine rings is 1. The SMILES string of the molecule is Cn1c(SCC(=O)NCc2ccco2)nnc1-c1cc(-c2ccccc2)nc2ccccc12. The van der Waals surface area contributed by atoms with E-state index < -0.39 is 0 Å². The second-order valence-electron chi connectivity index (χ2n) is 7.45. The van der Waals surface area contributed by atoms with Crippen LogP contribution in [0.15, 0.2) is 88.6 Å². The van der Waals surface area contributed by atoms with Crippen molar-refractivity contribution in [3.63, 3.8) is 0 Å². The van der Waals surface area contributed by atoms with Crippen LogP contribution in [0.3, 0.4) is 0 Å². The molecule has 33 heavy (non-hydrogen) atoms. The number of rotatable bonds is 7. The zero-order chi connectivity index (χ0) is 22.6. The molecule has 0 fully saturated rings. The average Bonchev–Trinajstić information content (AvgIpc) is 3.51. The molecule has 3 aromatic heterocycles. The Hall–Kier alpha value is -3.91. The summed E-state index contributed by atoms with van der Waals surface area (Å²) in [6.07, 6.45) is 1.59. The molecule has 0 bridgehead atoms. The summed E-state index contributed by atoms with van der Waals surface area (Å²) in [4.78, 5) is 17.1. The maximum Gasteiger partial charge on any atom is 0.230 e. The van der Waals surface area contributed by atoms with E-state index in [1.54, 1.807) is 12.3 Å². The fraction of sp³-hybridized carbons (Fsp3) is 0.120. The highest BCUT2D eigenvalue weighted by Gasteiger charge is 2.17. The Morgan fingerprint density at radius 2 is 1.85 bits per heavy atom. The molecule has 0 radical (unpaired) electrons. The number of thioether (sulfide) groups is 1. The van der Waals surface area contributed by atoms with Gasteiger partial charge in [0.1, 0.15) is 5.76 Å². The molecule has 5 rings (SSSR count). The third-order valence-electron chi connectivity index (χ3n) is 5.23. The Bertz CT molecular complexity index is 1400. The average molecular weight is 456 g/mol. The first-order valence-corrected chi connectivity index (χ1v) is 11.4. The van der Waals surface area contributed by atoms with Gasteiger partial charge in [0.15, 0.2) is 11.0 Å². The van der Waals surface area contributed by atoms with Crippen molar-refractivity contribution < 1.29 is 9.21 Å². The van der Waals surface area contributed by atoms with Crippen LogP contribution in [0.2, 0.25) is 0 Å². The van der Waals surface area contributed by atoms with Crippen LogP contribution >= 0.6 is 11.8 Å². The van der Waals surface area contributed by atoms with Crippen molar-refractivity contribution in [3.05, 3.63) is 84.8 Å². The van der Waals surface area contributed by atoms with Gasteiger partial charge in [-0.05, 0) is 24.3 Å². The van der Waals surface area contributed by atoms with E-state index in [2.05, 4.69) is 15.5 Å². The molecule has 5 aromatic rings. The van der Waals surface area contributed by atoms with E-state index in [4.69, 9.17) is 9.40 Å². The lowest BCUT2D eigenvalue weighted by atomic mass is 10.0. The number of para-hydroxylation sites is 1. The lowest BCUT2D eigenvalue weighted by Gasteiger charge is -2.10. The number of hydrogen-bond acceptors (Lipinski definition) is 6. The predicted octanol–water partition coefficient (Wildman–Crippen LogP) is 4.70. The largest absolute Gasteiger partial charge is 0.467 e. The summed E-state index contributed by atoms with van der Waals surface area (Å²) in [6.45, 7) is 0.363. The number of carbonyl (C=O) groups excluding carboxylic acids is 1. The first-order chi connectivity index (χ1) is 16.2. The molecule has 0 saturated carbocycles. The number of amides is 1. The van der Waals surface area contributed by atoms with Gasteiger partial charge in [-0.3, -0.25) is 4.79 Å². The zero-order valence-corrected chi connectivity index (χ0v) is 18.7. The summed E-state index contributed by atoms with van der Waals surface area (Å²) in [5.74, 6) is 1.58. The Morgan fingerprint density at radius 1 is 1.03 bits per heavy atom. The summed E-state index contributed by atoms with van der Waals surface area (Å²) >= 11 is 1.34. The van der Waals surface area contributed by atoms with Crippen LogP contribution in [0.25, 0.3) is 33.5 Å². The van der Waals surface area contributed by atoms with Crippen LogP contribution in [-0.2, 0) is 18.4 Å². The number of fused-ring (bicyclic) bond motifs is 1. The number of nitrogens with zero attached hydrogens (tertiary/aromatic N) is 4. The molecule has 3 heterocycles. The van der Waals surface area contributed by atoms with E-state index in [0.717, 1.165) is 33.5 Å². The molecule has 0 saturated heterocycles. The maximum atomic E-state index is 12.2. The van der Waals surface area contributed by atoms with Gasteiger partial charge in [0.25, 0.3) is 0 Å². The van der Waals surface area contributed by atoms with Gasteiger partial charge in [-0.15, -0.1) is 10.2 Å². The van der Waals surface area contributed by atoms with Crippen LogP contribution in [0.4, 0.5) is 0 Å². The third kappa shape index (κ3) is 4.51. The molecular formula is C25H21N5O2S. The number of benzene rings is 2. The van der Waals surface area contributed by atoms with Crippen molar-refractivity contribution in [2.45, 2.75) is 11.7 Å². The number of nitrogens with one attached hydrogen (secondary N) is 1. The predicted molar refractivity (Wildman–Crippen MR) is 128 cm³/mol. The van der Waals surface area contributed by atoms with Gasteiger partial charge >= 0.3 is 0 Å². The molecule has 0 aliphatic carbocycles. The molecule has 0 atom stereocenters. The first-order valence-electron chi connectivity index (χ1n) is 10.5. The van der Waals surface area contributed by atoms with Gasteiger partial charge in [-0.1, -0.05) is 60.3 Å². The van der Waals surface area contributed by atoms with Gasteiger partial charge in [0, 0.05) is 23.6 Å². The topological polar surface area (TPSA) is 85.8 Å². The minimum absolute atomic E-state index is 0.0957.